The number of rotatable bonds is 6. The van der Waals surface area contributed by atoms with E-state index in [1.54, 1.807) is 0 Å². The van der Waals surface area contributed by atoms with Crippen LogP contribution in [0.2, 0.25) is 0 Å². The van der Waals surface area contributed by atoms with E-state index in [1.165, 1.54) is 5.56 Å². The Morgan fingerprint density at radius 2 is 2.22 bits per heavy atom. The van der Waals surface area contributed by atoms with Crippen molar-refractivity contribution in [1.29, 1.82) is 0 Å². The first-order chi connectivity index (χ1) is 12.9. The maximum Gasteiger partial charge on any atom is 0.241 e. The van der Waals surface area contributed by atoms with E-state index in [9.17, 15) is 4.79 Å². The average molecular weight is 370 g/mol. The Labute approximate surface area is 161 Å². The second-order valence-corrected chi connectivity index (χ2v) is 8.18. The first-order valence-corrected chi connectivity index (χ1v) is 9.80. The molecule has 1 fully saturated rings. The minimum absolute atomic E-state index is 0.0174. The molecule has 6 heteroatoms. The molecule has 27 heavy (non-hydrogen) atoms. The first kappa shape index (κ1) is 19.5. The van der Waals surface area contributed by atoms with Crippen molar-refractivity contribution < 1.29 is 9.32 Å². The van der Waals surface area contributed by atoms with Crippen LogP contribution in [0.3, 0.4) is 0 Å². The van der Waals surface area contributed by atoms with Gasteiger partial charge in [0.2, 0.25) is 17.6 Å². The van der Waals surface area contributed by atoms with Crippen LogP contribution in [0, 0.1) is 12.8 Å². The van der Waals surface area contributed by atoms with E-state index in [0.717, 1.165) is 37.9 Å². The molecule has 1 aliphatic heterocycles. The zero-order chi connectivity index (χ0) is 19.4. The van der Waals surface area contributed by atoms with Gasteiger partial charge in [-0.25, -0.2) is 0 Å². The molecule has 2 heterocycles. The highest BCUT2D eigenvalue weighted by Gasteiger charge is 2.29. The van der Waals surface area contributed by atoms with Gasteiger partial charge in [-0.1, -0.05) is 35.8 Å². The molecule has 0 bridgehead atoms. The zero-order valence-electron chi connectivity index (χ0n) is 16.8. The molecule has 1 unspecified atom stereocenters. The number of aromatic nitrogens is 2. The van der Waals surface area contributed by atoms with E-state index in [4.69, 9.17) is 4.52 Å². The van der Waals surface area contributed by atoms with Crippen molar-refractivity contribution in [2.75, 3.05) is 13.1 Å². The smallest absolute Gasteiger partial charge is 0.241 e. The molecule has 146 valence electrons. The number of carbonyl (C=O) groups is 1. The highest BCUT2D eigenvalue weighted by molar-refractivity contribution is 5.79. The number of amides is 1. The number of likely N-dealkylation sites (tertiary alicyclic amines) is 1. The SMILES string of the molecule is CCC(C)(C)NC(=O)C1CCCN(Cc2nc(-c3cccc(C)c3)no2)C1. The summed E-state index contributed by atoms with van der Waals surface area (Å²) in [6.07, 6.45) is 2.85. The molecule has 2 aromatic rings. The number of nitrogens with one attached hydrogen (secondary N) is 1. The summed E-state index contributed by atoms with van der Waals surface area (Å²) in [6, 6.07) is 8.07. The van der Waals surface area contributed by atoms with Gasteiger partial charge in [0, 0.05) is 17.6 Å². The summed E-state index contributed by atoms with van der Waals surface area (Å²) in [4.78, 5) is 19.4. The minimum Gasteiger partial charge on any atom is -0.351 e. The standard InChI is InChI=1S/C21H30N4O2/c1-5-21(3,4)23-20(26)17-10-7-11-25(13-17)14-18-22-19(24-27-18)16-9-6-8-15(2)12-16/h6,8-9,12,17H,5,7,10-11,13-14H2,1-4H3,(H,23,26). The number of hydrogen-bond donors (Lipinski definition) is 1. The summed E-state index contributed by atoms with van der Waals surface area (Å²) in [5.74, 6) is 1.38. The second-order valence-electron chi connectivity index (χ2n) is 8.18. The van der Waals surface area contributed by atoms with Crippen molar-refractivity contribution in [2.45, 2.75) is 59.0 Å². The number of nitrogens with zero attached hydrogens (tertiary/aromatic N) is 3. The average Bonchev–Trinajstić information content (AvgIpc) is 3.10. The molecule has 1 amide bonds. The Bertz CT molecular complexity index is 784. The van der Waals surface area contributed by atoms with Gasteiger partial charge in [0.25, 0.3) is 0 Å². The third-order valence-corrected chi connectivity index (χ3v) is 5.33. The lowest BCUT2D eigenvalue weighted by Gasteiger charge is -2.33. The lowest BCUT2D eigenvalue weighted by Crippen LogP contribution is -2.49. The van der Waals surface area contributed by atoms with Crippen molar-refractivity contribution in [3.63, 3.8) is 0 Å². The molecule has 0 radical (unpaired) electrons. The summed E-state index contributed by atoms with van der Waals surface area (Å²) in [5, 5.41) is 7.29. The number of hydrogen-bond acceptors (Lipinski definition) is 5. The Kier molecular flexibility index (Phi) is 5.95. The van der Waals surface area contributed by atoms with Gasteiger partial charge < -0.3 is 9.84 Å². The van der Waals surface area contributed by atoms with Crippen molar-refractivity contribution in [3.8, 4) is 11.4 Å². The first-order valence-electron chi connectivity index (χ1n) is 9.80. The third kappa shape index (κ3) is 5.16. The molecule has 0 spiro atoms. The quantitative estimate of drug-likeness (QED) is 0.842. The largest absolute Gasteiger partial charge is 0.351 e. The van der Waals surface area contributed by atoms with E-state index in [2.05, 4.69) is 41.1 Å². The Morgan fingerprint density at radius 3 is 2.96 bits per heavy atom. The van der Waals surface area contributed by atoms with Crippen LogP contribution in [0.4, 0.5) is 0 Å². The van der Waals surface area contributed by atoms with Crippen LogP contribution in [0.25, 0.3) is 11.4 Å². The van der Waals surface area contributed by atoms with Crippen molar-refractivity contribution in [2.24, 2.45) is 5.92 Å². The van der Waals surface area contributed by atoms with Gasteiger partial charge in [-0.15, -0.1) is 0 Å². The monoisotopic (exact) mass is 370 g/mol. The molecule has 6 nitrogen and oxygen atoms in total. The lowest BCUT2D eigenvalue weighted by atomic mass is 9.94. The van der Waals surface area contributed by atoms with Crippen LogP contribution in [-0.4, -0.2) is 39.6 Å². The molecule has 0 saturated carbocycles. The third-order valence-electron chi connectivity index (χ3n) is 5.33. The number of aryl methyl sites for hydroxylation is 1. The number of piperidine rings is 1. The molecule has 3 rings (SSSR count). The predicted octanol–water partition coefficient (Wildman–Crippen LogP) is 3.56. The van der Waals surface area contributed by atoms with E-state index >= 15 is 0 Å². The maximum absolute atomic E-state index is 12.6. The van der Waals surface area contributed by atoms with Gasteiger partial charge in [0.1, 0.15) is 0 Å². The van der Waals surface area contributed by atoms with Gasteiger partial charge in [0.15, 0.2) is 0 Å². The second kappa shape index (κ2) is 8.21. The molecule has 1 aliphatic rings. The molecular weight excluding hydrogens is 340 g/mol. The molecule has 1 atom stereocenters. The molecular formula is C21H30N4O2. The number of benzene rings is 1. The van der Waals surface area contributed by atoms with Gasteiger partial charge in [-0.2, -0.15) is 4.98 Å². The van der Waals surface area contributed by atoms with Gasteiger partial charge in [-0.05, 0) is 52.6 Å². The fourth-order valence-corrected chi connectivity index (χ4v) is 3.35. The zero-order valence-corrected chi connectivity index (χ0v) is 16.8. The van der Waals surface area contributed by atoms with E-state index in [0.29, 0.717) is 18.3 Å². The summed E-state index contributed by atoms with van der Waals surface area (Å²) in [7, 11) is 0. The Morgan fingerprint density at radius 1 is 1.41 bits per heavy atom. The topological polar surface area (TPSA) is 71.3 Å². The molecule has 0 aliphatic carbocycles. The summed E-state index contributed by atoms with van der Waals surface area (Å²) < 4.78 is 5.45. The van der Waals surface area contributed by atoms with E-state index in [-0.39, 0.29) is 17.4 Å². The van der Waals surface area contributed by atoms with E-state index < -0.39 is 0 Å². The highest BCUT2D eigenvalue weighted by atomic mass is 16.5. The Balaban J connectivity index is 1.60. The van der Waals surface area contributed by atoms with Crippen molar-refractivity contribution in [3.05, 3.63) is 35.7 Å². The van der Waals surface area contributed by atoms with Gasteiger partial charge in [-0.3, -0.25) is 9.69 Å². The molecule has 1 aromatic carbocycles. The maximum atomic E-state index is 12.6. The van der Waals surface area contributed by atoms with Crippen LogP contribution < -0.4 is 5.32 Å². The predicted molar refractivity (Wildman–Crippen MR) is 105 cm³/mol. The van der Waals surface area contributed by atoms with E-state index in [1.807, 2.05) is 31.2 Å². The van der Waals surface area contributed by atoms with Crippen LogP contribution >= 0.6 is 0 Å². The van der Waals surface area contributed by atoms with Crippen LogP contribution in [0.1, 0.15) is 51.5 Å². The Hall–Kier alpha value is -2.21. The van der Waals surface area contributed by atoms with Crippen LogP contribution in [0.5, 0.6) is 0 Å². The normalized spacial score (nSPS) is 18.4. The lowest BCUT2D eigenvalue weighted by molar-refractivity contribution is -0.128. The molecule has 1 aromatic heterocycles. The fourth-order valence-electron chi connectivity index (χ4n) is 3.35. The van der Waals surface area contributed by atoms with Crippen molar-refractivity contribution >= 4 is 5.91 Å². The van der Waals surface area contributed by atoms with Gasteiger partial charge in [0.05, 0.1) is 12.5 Å². The molecule has 1 saturated heterocycles. The van der Waals surface area contributed by atoms with Crippen molar-refractivity contribution in [1.82, 2.24) is 20.4 Å². The summed E-state index contributed by atoms with van der Waals surface area (Å²) in [6.45, 7) is 10.5. The summed E-state index contributed by atoms with van der Waals surface area (Å²) in [5.41, 5.74) is 1.97. The highest BCUT2D eigenvalue weighted by Crippen LogP contribution is 2.22. The minimum atomic E-state index is -0.158. The number of carbonyl (C=O) groups excluding carboxylic acids is 1. The fraction of sp³-hybridized carbons (Fsp3) is 0.571. The van der Waals surface area contributed by atoms with Crippen LogP contribution in [-0.2, 0) is 11.3 Å². The van der Waals surface area contributed by atoms with Gasteiger partial charge >= 0.3 is 0 Å². The summed E-state index contributed by atoms with van der Waals surface area (Å²) >= 11 is 0. The van der Waals surface area contributed by atoms with Crippen LogP contribution in [0.15, 0.2) is 28.8 Å². The molecule has 1 N–H and O–H groups in total.